The van der Waals surface area contributed by atoms with E-state index in [0.717, 1.165) is 6.07 Å². The standard InChI is InChI=1S/C13H12N2O5/c1-6-11(13(19)20)8(5-14-6)15-12(18)7-2-3-9(16)10(17)4-7/h2-5,14,16-17H,1H3,(H,15,18)(H,19,20). The van der Waals surface area contributed by atoms with Gasteiger partial charge < -0.3 is 25.6 Å². The first-order chi connectivity index (χ1) is 9.40. The predicted octanol–water partition coefficient (Wildman–Crippen LogP) is 1.68. The van der Waals surface area contributed by atoms with E-state index in [2.05, 4.69) is 10.3 Å². The monoisotopic (exact) mass is 276 g/mol. The third kappa shape index (κ3) is 2.41. The maximum atomic E-state index is 12.0. The second-order valence-corrected chi connectivity index (χ2v) is 4.17. The number of aromatic carboxylic acids is 1. The van der Waals surface area contributed by atoms with Crippen molar-refractivity contribution >= 4 is 17.6 Å². The molecule has 20 heavy (non-hydrogen) atoms. The third-order valence-electron chi connectivity index (χ3n) is 2.78. The lowest BCUT2D eigenvalue weighted by Gasteiger charge is -2.06. The molecule has 7 nitrogen and oxygen atoms in total. The maximum Gasteiger partial charge on any atom is 0.339 e. The average molecular weight is 276 g/mol. The summed E-state index contributed by atoms with van der Waals surface area (Å²) in [7, 11) is 0. The summed E-state index contributed by atoms with van der Waals surface area (Å²) in [5, 5.41) is 30.0. The smallest absolute Gasteiger partial charge is 0.339 e. The Morgan fingerprint density at radius 2 is 1.90 bits per heavy atom. The summed E-state index contributed by atoms with van der Waals surface area (Å²) in [6.07, 6.45) is 1.37. The number of nitrogens with one attached hydrogen (secondary N) is 2. The fraction of sp³-hybridized carbons (Fsp3) is 0.0769. The lowest BCUT2D eigenvalue weighted by atomic mass is 10.1. The van der Waals surface area contributed by atoms with E-state index in [1.54, 1.807) is 6.92 Å². The Morgan fingerprint density at radius 3 is 2.50 bits per heavy atom. The molecule has 1 aromatic carbocycles. The van der Waals surface area contributed by atoms with Gasteiger partial charge in [-0.2, -0.15) is 0 Å². The number of benzene rings is 1. The summed E-state index contributed by atoms with van der Waals surface area (Å²) in [6, 6.07) is 3.57. The van der Waals surface area contributed by atoms with Crippen LogP contribution in [0.2, 0.25) is 0 Å². The molecule has 0 aliphatic rings. The van der Waals surface area contributed by atoms with Crippen molar-refractivity contribution in [3.8, 4) is 11.5 Å². The van der Waals surface area contributed by atoms with Crippen LogP contribution in [0.5, 0.6) is 11.5 Å². The van der Waals surface area contributed by atoms with Gasteiger partial charge in [0.2, 0.25) is 0 Å². The average Bonchev–Trinajstić information content (AvgIpc) is 2.73. The topological polar surface area (TPSA) is 123 Å². The van der Waals surface area contributed by atoms with Gasteiger partial charge in [-0.1, -0.05) is 0 Å². The number of aryl methyl sites for hydroxylation is 1. The third-order valence-corrected chi connectivity index (χ3v) is 2.78. The van der Waals surface area contributed by atoms with Crippen LogP contribution in [0.4, 0.5) is 5.69 Å². The van der Waals surface area contributed by atoms with Crippen molar-refractivity contribution in [3.63, 3.8) is 0 Å². The van der Waals surface area contributed by atoms with Crippen molar-refractivity contribution in [2.24, 2.45) is 0 Å². The number of carboxylic acids is 1. The fourth-order valence-electron chi connectivity index (χ4n) is 1.76. The molecule has 0 spiro atoms. The maximum absolute atomic E-state index is 12.0. The summed E-state index contributed by atoms with van der Waals surface area (Å²) in [5.74, 6) is -2.53. The van der Waals surface area contributed by atoms with Crippen molar-refractivity contribution in [2.75, 3.05) is 5.32 Å². The number of aromatic nitrogens is 1. The number of rotatable bonds is 3. The number of carbonyl (C=O) groups is 2. The highest BCUT2D eigenvalue weighted by atomic mass is 16.4. The Kier molecular flexibility index (Phi) is 3.34. The van der Waals surface area contributed by atoms with Gasteiger partial charge in [0.1, 0.15) is 5.56 Å². The number of phenols is 2. The van der Waals surface area contributed by atoms with Crippen LogP contribution in [0.25, 0.3) is 0 Å². The van der Waals surface area contributed by atoms with Crippen molar-refractivity contribution < 1.29 is 24.9 Å². The van der Waals surface area contributed by atoms with Crippen LogP contribution < -0.4 is 5.32 Å². The number of phenolic OH excluding ortho intramolecular Hbond substituents is 2. The van der Waals surface area contributed by atoms with Gasteiger partial charge in [-0.05, 0) is 25.1 Å². The van der Waals surface area contributed by atoms with Gasteiger partial charge in [0.05, 0.1) is 5.69 Å². The van der Waals surface area contributed by atoms with Crippen molar-refractivity contribution in [1.82, 2.24) is 4.98 Å². The molecule has 0 unspecified atom stereocenters. The van der Waals surface area contributed by atoms with Crippen molar-refractivity contribution in [2.45, 2.75) is 6.92 Å². The van der Waals surface area contributed by atoms with Gasteiger partial charge in [0, 0.05) is 17.5 Å². The minimum Gasteiger partial charge on any atom is -0.504 e. The van der Waals surface area contributed by atoms with E-state index >= 15 is 0 Å². The minimum absolute atomic E-state index is 0.0265. The summed E-state index contributed by atoms with van der Waals surface area (Å²) in [6.45, 7) is 1.57. The minimum atomic E-state index is -1.16. The zero-order chi connectivity index (χ0) is 14.9. The Bertz CT molecular complexity index is 690. The van der Waals surface area contributed by atoms with Crippen LogP contribution in [0.15, 0.2) is 24.4 Å². The number of anilines is 1. The Balaban J connectivity index is 2.28. The number of aromatic amines is 1. The van der Waals surface area contributed by atoms with Crippen LogP contribution in [0.1, 0.15) is 26.4 Å². The van der Waals surface area contributed by atoms with Gasteiger partial charge in [-0.15, -0.1) is 0 Å². The number of amides is 1. The van der Waals surface area contributed by atoms with Gasteiger partial charge in [0.15, 0.2) is 11.5 Å². The van der Waals surface area contributed by atoms with E-state index in [1.165, 1.54) is 18.3 Å². The molecule has 0 fully saturated rings. The highest BCUT2D eigenvalue weighted by molar-refractivity contribution is 6.08. The molecule has 2 rings (SSSR count). The molecule has 2 aromatic rings. The lowest BCUT2D eigenvalue weighted by Crippen LogP contribution is -2.13. The zero-order valence-electron chi connectivity index (χ0n) is 10.5. The molecule has 0 atom stereocenters. The summed E-state index contributed by atoms with van der Waals surface area (Å²) < 4.78 is 0. The molecule has 1 heterocycles. The SMILES string of the molecule is Cc1[nH]cc(NC(=O)c2ccc(O)c(O)c2)c1C(=O)O. The molecule has 1 amide bonds. The summed E-state index contributed by atoms with van der Waals surface area (Å²) in [5.41, 5.74) is 0.616. The molecule has 0 saturated heterocycles. The number of aromatic hydroxyl groups is 2. The number of hydrogen-bond acceptors (Lipinski definition) is 4. The number of carboxylic acid groups (broad SMARTS) is 1. The summed E-state index contributed by atoms with van der Waals surface area (Å²) in [4.78, 5) is 25.7. The molecule has 7 heteroatoms. The Morgan fingerprint density at radius 1 is 1.20 bits per heavy atom. The largest absolute Gasteiger partial charge is 0.504 e. The van der Waals surface area contributed by atoms with Crippen molar-refractivity contribution in [1.29, 1.82) is 0 Å². The van der Waals surface area contributed by atoms with E-state index in [1.807, 2.05) is 0 Å². The first-order valence-electron chi connectivity index (χ1n) is 5.64. The van der Waals surface area contributed by atoms with Crippen molar-refractivity contribution in [3.05, 3.63) is 41.2 Å². The molecule has 0 aliphatic heterocycles. The Hall–Kier alpha value is -2.96. The lowest BCUT2D eigenvalue weighted by molar-refractivity contribution is 0.0697. The molecular weight excluding hydrogens is 264 g/mol. The fourth-order valence-corrected chi connectivity index (χ4v) is 1.76. The van der Waals surface area contributed by atoms with E-state index in [9.17, 15) is 19.8 Å². The second kappa shape index (κ2) is 4.96. The molecule has 5 N–H and O–H groups in total. The van der Waals surface area contributed by atoms with E-state index in [-0.39, 0.29) is 22.6 Å². The predicted molar refractivity (Wildman–Crippen MR) is 70.2 cm³/mol. The first-order valence-corrected chi connectivity index (χ1v) is 5.64. The normalized spacial score (nSPS) is 10.2. The van der Waals surface area contributed by atoms with Crippen LogP contribution >= 0.6 is 0 Å². The molecular formula is C13H12N2O5. The summed E-state index contributed by atoms with van der Waals surface area (Å²) >= 11 is 0. The van der Waals surface area contributed by atoms with Crippen LogP contribution in [-0.4, -0.2) is 32.2 Å². The van der Waals surface area contributed by atoms with Crippen LogP contribution in [-0.2, 0) is 0 Å². The quantitative estimate of drug-likeness (QED) is 0.546. The highest BCUT2D eigenvalue weighted by Crippen LogP contribution is 2.26. The van der Waals surface area contributed by atoms with Gasteiger partial charge >= 0.3 is 5.97 Å². The molecule has 0 aliphatic carbocycles. The zero-order valence-corrected chi connectivity index (χ0v) is 10.5. The first kappa shape index (κ1) is 13.5. The number of hydrogen-bond donors (Lipinski definition) is 5. The molecule has 1 aromatic heterocycles. The van der Waals surface area contributed by atoms with E-state index in [0.29, 0.717) is 5.69 Å². The molecule has 0 saturated carbocycles. The number of carbonyl (C=O) groups excluding carboxylic acids is 1. The van der Waals surface area contributed by atoms with Gasteiger partial charge in [-0.25, -0.2) is 4.79 Å². The molecule has 104 valence electrons. The molecule has 0 bridgehead atoms. The van der Waals surface area contributed by atoms with E-state index in [4.69, 9.17) is 5.11 Å². The second-order valence-electron chi connectivity index (χ2n) is 4.17. The number of H-pyrrole nitrogens is 1. The Labute approximate surface area is 113 Å². The van der Waals surface area contributed by atoms with E-state index < -0.39 is 17.6 Å². The van der Waals surface area contributed by atoms with Crippen LogP contribution in [0.3, 0.4) is 0 Å². The van der Waals surface area contributed by atoms with Crippen LogP contribution in [0, 0.1) is 6.92 Å². The highest BCUT2D eigenvalue weighted by Gasteiger charge is 2.18. The van der Waals surface area contributed by atoms with Gasteiger partial charge in [0.25, 0.3) is 5.91 Å². The molecule has 0 radical (unpaired) electrons. The van der Waals surface area contributed by atoms with Gasteiger partial charge in [-0.3, -0.25) is 4.79 Å².